The first-order valence-corrected chi connectivity index (χ1v) is 8.44. The lowest BCUT2D eigenvalue weighted by Crippen LogP contribution is -2.28. The van der Waals surface area contributed by atoms with E-state index in [1.165, 1.54) is 18.5 Å². The second-order valence-electron chi connectivity index (χ2n) is 6.26. The minimum absolute atomic E-state index is 0.510. The van der Waals surface area contributed by atoms with E-state index in [1.807, 2.05) is 12.1 Å². The van der Waals surface area contributed by atoms with Gasteiger partial charge in [-0.3, -0.25) is 0 Å². The second kappa shape index (κ2) is 8.79. The Morgan fingerprint density at radius 2 is 1.55 bits per heavy atom. The van der Waals surface area contributed by atoms with E-state index in [9.17, 15) is 0 Å². The van der Waals surface area contributed by atoms with Gasteiger partial charge in [0.15, 0.2) is 0 Å². The monoisotopic (exact) mass is 315 g/mol. The van der Waals surface area contributed by atoms with Gasteiger partial charge in [0.05, 0.1) is 0 Å². The summed E-state index contributed by atoms with van der Waals surface area (Å²) in [5.74, 6) is 1.93. The minimum Gasteiger partial charge on any atom is -0.371 e. The van der Waals surface area contributed by atoms with Crippen LogP contribution in [0.4, 0.5) is 5.69 Å². The molecule has 0 aliphatic rings. The molecule has 1 aromatic carbocycles. The van der Waals surface area contributed by atoms with Crippen LogP contribution in [0.5, 0.6) is 0 Å². The third kappa shape index (κ3) is 5.93. The smallest absolute Gasteiger partial charge is 0.0495 e. The summed E-state index contributed by atoms with van der Waals surface area (Å²) in [4.78, 5) is 2.47. The maximum absolute atomic E-state index is 6.09. The molecule has 0 amide bonds. The molecule has 0 aromatic heterocycles. The number of halogens is 2. The summed E-state index contributed by atoms with van der Waals surface area (Å²) >= 11 is 12.2. The highest BCUT2D eigenvalue weighted by atomic mass is 35.5. The summed E-state index contributed by atoms with van der Waals surface area (Å²) in [6, 6.07) is 6.06. The van der Waals surface area contributed by atoms with E-state index in [1.54, 1.807) is 0 Å². The molecule has 0 spiro atoms. The molecular weight excluding hydrogens is 289 g/mol. The standard InChI is InChI=1S/C17H27Cl2N/c1-13(2)7-9-20(10-8-14(3)4)17-6-5-16(19)11-15(17)12-18/h5-6,11,13-14H,7-10,12H2,1-4H3. The Labute approximate surface area is 134 Å². The fourth-order valence-electron chi connectivity index (χ4n) is 2.15. The molecule has 0 saturated heterocycles. The Balaban J connectivity index is 2.89. The summed E-state index contributed by atoms with van der Waals surface area (Å²) < 4.78 is 0. The van der Waals surface area contributed by atoms with Crippen molar-refractivity contribution in [3.05, 3.63) is 28.8 Å². The van der Waals surface area contributed by atoms with Gasteiger partial charge < -0.3 is 4.90 Å². The molecule has 1 aromatic rings. The molecule has 1 nitrogen and oxygen atoms in total. The fraction of sp³-hybridized carbons (Fsp3) is 0.647. The van der Waals surface area contributed by atoms with Crippen molar-refractivity contribution in [1.29, 1.82) is 0 Å². The van der Waals surface area contributed by atoms with Crippen LogP contribution < -0.4 is 4.90 Å². The van der Waals surface area contributed by atoms with Crippen LogP contribution in [-0.4, -0.2) is 13.1 Å². The highest BCUT2D eigenvalue weighted by Crippen LogP contribution is 2.27. The number of benzene rings is 1. The summed E-state index contributed by atoms with van der Waals surface area (Å²) in [5, 5.41) is 0.761. The zero-order valence-electron chi connectivity index (χ0n) is 13.1. The van der Waals surface area contributed by atoms with Gasteiger partial charge in [0, 0.05) is 29.7 Å². The number of rotatable bonds is 8. The maximum Gasteiger partial charge on any atom is 0.0495 e. The molecule has 20 heavy (non-hydrogen) atoms. The summed E-state index contributed by atoms with van der Waals surface area (Å²) in [7, 11) is 0. The molecule has 3 heteroatoms. The lowest BCUT2D eigenvalue weighted by Gasteiger charge is -2.28. The predicted molar refractivity (Wildman–Crippen MR) is 92.1 cm³/mol. The molecule has 1 rings (SSSR count). The van der Waals surface area contributed by atoms with Crippen LogP contribution in [0.25, 0.3) is 0 Å². The van der Waals surface area contributed by atoms with E-state index in [2.05, 4.69) is 38.7 Å². The van der Waals surface area contributed by atoms with Crippen LogP contribution in [0.3, 0.4) is 0 Å². The SMILES string of the molecule is CC(C)CCN(CCC(C)C)c1ccc(Cl)cc1CCl. The Morgan fingerprint density at radius 3 is 2.00 bits per heavy atom. The fourth-order valence-corrected chi connectivity index (χ4v) is 2.56. The van der Waals surface area contributed by atoms with Gasteiger partial charge in [-0.05, 0) is 48.4 Å². The number of hydrogen-bond acceptors (Lipinski definition) is 1. The topological polar surface area (TPSA) is 3.24 Å². The van der Waals surface area contributed by atoms with E-state index >= 15 is 0 Å². The van der Waals surface area contributed by atoms with Crippen LogP contribution in [-0.2, 0) is 5.88 Å². The normalized spacial score (nSPS) is 11.4. The maximum atomic E-state index is 6.09. The third-order valence-corrected chi connectivity index (χ3v) is 4.00. The molecule has 0 aliphatic heterocycles. The van der Waals surface area contributed by atoms with Gasteiger partial charge in [0.1, 0.15) is 0 Å². The molecule has 0 radical (unpaired) electrons. The summed E-state index contributed by atoms with van der Waals surface area (Å²) in [6.45, 7) is 11.2. The van der Waals surface area contributed by atoms with Gasteiger partial charge in [-0.1, -0.05) is 39.3 Å². The van der Waals surface area contributed by atoms with Crippen molar-refractivity contribution in [1.82, 2.24) is 0 Å². The van der Waals surface area contributed by atoms with E-state index in [0.29, 0.717) is 17.7 Å². The second-order valence-corrected chi connectivity index (χ2v) is 6.96. The lowest BCUT2D eigenvalue weighted by molar-refractivity contribution is 0.535. The van der Waals surface area contributed by atoms with Crippen LogP contribution in [0.1, 0.15) is 46.1 Å². The summed E-state index contributed by atoms with van der Waals surface area (Å²) in [5.41, 5.74) is 2.37. The van der Waals surface area contributed by atoms with Gasteiger partial charge >= 0.3 is 0 Å². The van der Waals surface area contributed by atoms with Gasteiger partial charge in [0.25, 0.3) is 0 Å². The first kappa shape index (κ1) is 17.7. The molecule has 0 bridgehead atoms. The lowest BCUT2D eigenvalue weighted by atomic mass is 10.1. The number of anilines is 1. The molecule has 0 unspecified atom stereocenters. The average Bonchev–Trinajstić information content (AvgIpc) is 2.38. The van der Waals surface area contributed by atoms with Crippen molar-refractivity contribution in [3.63, 3.8) is 0 Å². The van der Waals surface area contributed by atoms with Crippen LogP contribution in [0, 0.1) is 11.8 Å². The largest absolute Gasteiger partial charge is 0.371 e. The Hall–Kier alpha value is -0.400. The first-order chi connectivity index (χ1) is 9.43. The Kier molecular flexibility index (Phi) is 7.76. The van der Waals surface area contributed by atoms with E-state index in [-0.39, 0.29) is 0 Å². The molecule has 0 saturated carbocycles. The highest BCUT2D eigenvalue weighted by Gasteiger charge is 2.12. The summed E-state index contributed by atoms with van der Waals surface area (Å²) in [6.07, 6.45) is 2.39. The zero-order chi connectivity index (χ0) is 15.1. The van der Waals surface area contributed by atoms with Crippen LogP contribution in [0.15, 0.2) is 18.2 Å². The Morgan fingerprint density at radius 1 is 1.00 bits per heavy atom. The van der Waals surface area contributed by atoms with Gasteiger partial charge in [-0.25, -0.2) is 0 Å². The quantitative estimate of drug-likeness (QED) is 0.533. The molecule has 0 atom stereocenters. The molecule has 0 N–H and O–H groups in total. The first-order valence-electron chi connectivity index (χ1n) is 7.53. The zero-order valence-corrected chi connectivity index (χ0v) is 14.6. The molecular formula is C17H27Cl2N. The molecule has 114 valence electrons. The molecule has 0 heterocycles. The van der Waals surface area contributed by atoms with Gasteiger partial charge in [-0.2, -0.15) is 0 Å². The Bertz CT molecular complexity index is 390. The van der Waals surface area contributed by atoms with E-state index in [4.69, 9.17) is 23.2 Å². The minimum atomic E-state index is 0.510. The number of alkyl halides is 1. The van der Waals surface area contributed by atoms with Crippen molar-refractivity contribution in [3.8, 4) is 0 Å². The van der Waals surface area contributed by atoms with Crippen molar-refractivity contribution < 1.29 is 0 Å². The predicted octanol–water partition coefficient (Wildman–Crippen LogP) is 5.98. The van der Waals surface area contributed by atoms with Crippen molar-refractivity contribution >= 4 is 28.9 Å². The van der Waals surface area contributed by atoms with Gasteiger partial charge in [0.2, 0.25) is 0 Å². The average molecular weight is 316 g/mol. The highest BCUT2D eigenvalue weighted by molar-refractivity contribution is 6.30. The third-order valence-electron chi connectivity index (χ3n) is 3.48. The van der Waals surface area contributed by atoms with E-state index < -0.39 is 0 Å². The number of hydrogen-bond donors (Lipinski definition) is 0. The number of nitrogens with zero attached hydrogens (tertiary/aromatic N) is 1. The van der Waals surface area contributed by atoms with Gasteiger partial charge in [-0.15, -0.1) is 11.6 Å². The van der Waals surface area contributed by atoms with Crippen molar-refractivity contribution in [2.24, 2.45) is 11.8 Å². The van der Waals surface area contributed by atoms with Crippen LogP contribution >= 0.6 is 23.2 Å². The molecule has 0 aliphatic carbocycles. The molecule has 0 fully saturated rings. The van der Waals surface area contributed by atoms with Crippen molar-refractivity contribution in [2.75, 3.05) is 18.0 Å². The van der Waals surface area contributed by atoms with Crippen molar-refractivity contribution in [2.45, 2.75) is 46.4 Å². The van der Waals surface area contributed by atoms with Crippen LogP contribution in [0.2, 0.25) is 5.02 Å². The van der Waals surface area contributed by atoms with E-state index in [0.717, 1.165) is 23.7 Å².